The third-order valence-corrected chi connectivity index (χ3v) is 16.3. The molecule has 4 saturated carbocycles. The van der Waals surface area contributed by atoms with E-state index in [2.05, 4.69) is 40.7 Å². The Balaban J connectivity index is 1.33. The highest BCUT2D eigenvalue weighted by Gasteiger charge is 2.72. The summed E-state index contributed by atoms with van der Waals surface area (Å²) < 4.78 is 18.0. The number of aliphatic hydroxyl groups is 6. The summed E-state index contributed by atoms with van der Waals surface area (Å²) in [4.78, 5) is 25.0. The predicted octanol–water partition coefficient (Wildman–Crippen LogP) is 3.49. The fourth-order valence-electron chi connectivity index (χ4n) is 12.9. The first-order valence-corrected chi connectivity index (χ1v) is 19.6. The third kappa shape index (κ3) is 5.82. The summed E-state index contributed by atoms with van der Waals surface area (Å²) in [7, 11) is 0. The summed E-state index contributed by atoms with van der Waals surface area (Å²) in [6.45, 7) is 16.3. The number of carboxylic acid groups (broad SMARTS) is 1. The maximum absolute atomic E-state index is 13.2. The number of aliphatic hydroxyl groups excluding tert-OH is 6. The molecule has 1 aliphatic heterocycles. The van der Waals surface area contributed by atoms with E-state index in [4.69, 9.17) is 14.2 Å². The first-order chi connectivity index (χ1) is 24.6. The van der Waals surface area contributed by atoms with Crippen LogP contribution in [0.2, 0.25) is 0 Å². The lowest BCUT2D eigenvalue weighted by atomic mass is 9.33. The fourth-order valence-corrected chi connectivity index (χ4v) is 12.9. The van der Waals surface area contributed by atoms with Gasteiger partial charge in [-0.25, -0.2) is 9.59 Å². The van der Waals surface area contributed by atoms with Gasteiger partial charge in [0.1, 0.15) is 24.4 Å². The van der Waals surface area contributed by atoms with Gasteiger partial charge >= 0.3 is 11.9 Å². The number of carbonyl (C=O) groups excluding carboxylic acids is 1. The summed E-state index contributed by atoms with van der Waals surface area (Å²) in [5, 5.41) is 75.8. The topological polar surface area (TPSA) is 203 Å². The van der Waals surface area contributed by atoms with Crippen LogP contribution in [0, 0.1) is 50.2 Å². The van der Waals surface area contributed by atoms with Crippen molar-refractivity contribution in [3.05, 3.63) is 23.3 Å². The zero-order valence-corrected chi connectivity index (χ0v) is 32.7. The van der Waals surface area contributed by atoms with Crippen LogP contribution >= 0.6 is 0 Å². The molecule has 0 spiro atoms. The van der Waals surface area contributed by atoms with E-state index in [1.54, 1.807) is 19.9 Å². The van der Waals surface area contributed by atoms with Crippen LogP contribution < -0.4 is 0 Å². The van der Waals surface area contributed by atoms with Gasteiger partial charge in [-0.15, -0.1) is 0 Å². The number of ether oxygens (including phenoxy) is 3. The quantitative estimate of drug-likeness (QED) is 0.0866. The van der Waals surface area contributed by atoms with E-state index in [0.717, 1.165) is 32.1 Å². The minimum Gasteiger partial charge on any atom is -0.479 e. The zero-order chi connectivity index (χ0) is 39.3. The molecule has 300 valence electrons. The van der Waals surface area contributed by atoms with E-state index in [0.29, 0.717) is 24.8 Å². The maximum Gasteiger partial charge on any atom is 0.335 e. The lowest BCUT2D eigenvalue weighted by Gasteiger charge is -2.72. The highest BCUT2D eigenvalue weighted by molar-refractivity contribution is 5.87. The van der Waals surface area contributed by atoms with Crippen molar-refractivity contribution in [3.8, 4) is 0 Å². The second-order valence-electron chi connectivity index (χ2n) is 19.3. The molecule has 1 saturated heterocycles. The Labute approximate surface area is 313 Å². The number of allylic oxidation sites excluding steroid dienone is 3. The van der Waals surface area contributed by atoms with Crippen molar-refractivity contribution in [2.45, 2.75) is 156 Å². The lowest BCUT2D eigenvalue weighted by molar-refractivity contribution is -0.327. The van der Waals surface area contributed by atoms with Gasteiger partial charge in [0, 0.05) is 11.0 Å². The molecular weight excluding hydrogens is 684 g/mol. The van der Waals surface area contributed by atoms with E-state index >= 15 is 0 Å². The van der Waals surface area contributed by atoms with E-state index < -0.39 is 77.2 Å². The molecule has 0 aromatic carbocycles. The molecule has 5 fully saturated rings. The summed E-state index contributed by atoms with van der Waals surface area (Å²) in [5.41, 5.74) is -1.29. The number of esters is 1. The molecule has 53 heavy (non-hydrogen) atoms. The summed E-state index contributed by atoms with van der Waals surface area (Å²) >= 11 is 0. The van der Waals surface area contributed by atoms with Crippen LogP contribution in [0.1, 0.15) is 107 Å². The van der Waals surface area contributed by atoms with Crippen LogP contribution in [0.15, 0.2) is 23.3 Å². The number of carboxylic acids is 1. The van der Waals surface area contributed by atoms with Gasteiger partial charge < -0.3 is 50.0 Å². The van der Waals surface area contributed by atoms with Crippen molar-refractivity contribution in [2.75, 3.05) is 13.2 Å². The van der Waals surface area contributed by atoms with Crippen molar-refractivity contribution in [1.82, 2.24) is 0 Å². The Kier molecular flexibility index (Phi) is 10.5. The second kappa shape index (κ2) is 13.6. The molecule has 0 amide bonds. The van der Waals surface area contributed by atoms with Crippen LogP contribution in [0.3, 0.4) is 0 Å². The minimum atomic E-state index is -1.83. The molecule has 1 heterocycles. The van der Waals surface area contributed by atoms with Gasteiger partial charge in [0.2, 0.25) is 0 Å². The van der Waals surface area contributed by atoms with Crippen molar-refractivity contribution in [1.29, 1.82) is 0 Å². The summed E-state index contributed by atoms with van der Waals surface area (Å²) in [6.07, 6.45) is -1.50. The fraction of sp³-hybridized carbons (Fsp3) is 0.854. The Morgan fingerprint density at radius 3 is 2.17 bits per heavy atom. The van der Waals surface area contributed by atoms with Gasteiger partial charge in [-0.3, -0.25) is 0 Å². The normalized spacial score (nSPS) is 50.8. The number of fused-ring (bicyclic) bond motifs is 7. The number of carbonyl (C=O) groups is 2. The average molecular weight is 749 g/mol. The van der Waals surface area contributed by atoms with Crippen LogP contribution in [-0.4, -0.2) is 110 Å². The molecular formula is C41H64O12. The van der Waals surface area contributed by atoms with Crippen molar-refractivity contribution in [2.24, 2.45) is 50.2 Å². The Hall–Kier alpha value is -1.90. The number of hydrogen-bond acceptors (Lipinski definition) is 11. The van der Waals surface area contributed by atoms with E-state index in [1.165, 1.54) is 5.57 Å². The van der Waals surface area contributed by atoms with E-state index in [-0.39, 0.29) is 47.2 Å². The molecule has 12 nitrogen and oxygen atoms in total. The predicted molar refractivity (Wildman–Crippen MR) is 193 cm³/mol. The monoisotopic (exact) mass is 748 g/mol. The van der Waals surface area contributed by atoms with Crippen LogP contribution in [0.25, 0.3) is 0 Å². The Morgan fingerprint density at radius 2 is 1.57 bits per heavy atom. The summed E-state index contributed by atoms with van der Waals surface area (Å²) in [5.74, 6) is -1.97. The third-order valence-electron chi connectivity index (χ3n) is 16.3. The molecule has 6 aliphatic rings. The van der Waals surface area contributed by atoms with Crippen molar-refractivity contribution < 1.29 is 59.5 Å². The second-order valence-corrected chi connectivity index (χ2v) is 19.3. The lowest BCUT2D eigenvalue weighted by Crippen LogP contribution is -2.70. The minimum absolute atomic E-state index is 0.0285. The maximum atomic E-state index is 13.2. The Morgan fingerprint density at radius 1 is 0.887 bits per heavy atom. The van der Waals surface area contributed by atoms with Gasteiger partial charge in [0.05, 0.1) is 30.8 Å². The molecule has 6 rings (SSSR count). The van der Waals surface area contributed by atoms with Crippen molar-refractivity contribution in [3.63, 3.8) is 0 Å². The first-order valence-electron chi connectivity index (χ1n) is 19.6. The largest absolute Gasteiger partial charge is 0.479 e. The van der Waals surface area contributed by atoms with E-state index in [1.807, 2.05) is 6.92 Å². The molecule has 0 aromatic rings. The molecule has 16 atom stereocenters. The number of hydrogen-bond donors (Lipinski definition) is 7. The molecule has 0 aromatic heterocycles. The highest BCUT2D eigenvalue weighted by Crippen LogP contribution is 2.76. The van der Waals surface area contributed by atoms with Crippen LogP contribution in [-0.2, 0) is 23.8 Å². The van der Waals surface area contributed by atoms with Gasteiger partial charge in [-0.1, -0.05) is 59.3 Å². The standard InChI is InChI=1S/C41H64O12/c1-9-21(2)34(50)51-28-18-36(3,4)16-23-22-10-11-25-37(5)14-13-27(52-35-31(47)29(45)30(46)32(53-35)33(48)49)38(6,19-42)24(37)12-15-39(25,7)40(22,8)17-26(44)41(23,28)20-43/h9-10,23-32,35,42-47H,11-20H2,1-8H3,(H,48,49)/b21-9+/t23-,24-,25-,26?,27?,28+,29+,30+,31-,32+,35-,37+,38+,39-,40-,41?/m1/s1. The average Bonchev–Trinajstić information content (AvgIpc) is 3.08. The number of rotatable bonds is 7. The van der Waals surface area contributed by atoms with Crippen LogP contribution in [0.4, 0.5) is 0 Å². The SMILES string of the molecule is C/C=C(\C)C(=O)O[C@H]1CC(C)(C)C[C@@H]2C3=CC[C@@H]4[C@@]5(C)CCC(O[C@@H]6O[C@H](C(=O)O)[C@@H](O)[C@H](O)[C@H]6O)[C@@](C)(CO)[C@@H]5CC[C@@]4(C)[C@]3(C)CC(O)C12CO. The Bertz CT molecular complexity index is 1510. The molecule has 0 radical (unpaired) electrons. The molecule has 0 bridgehead atoms. The molecule has 12 heteroatoms. The zero-order valence-electron chi connectivity index (χ0n) is 32.7. The first kappa shape index (κ1) is 40.8. The van der Waals surface area contributed by atoms with Gasteiger partial charge in [-0.05, 0) is 105 Å². The highest BCUT2D eigenvalue weighted by atomic mass is 16.7. The summed E-state index contributed by atoms with van der Waals surface area (Å²) in [6, 6.07) is 0. The van der Waals surface area contributed by atoms with Gasteiger partial charge in [-0.2, -0.15) is 0 Å². The molecule has 3 unspecified atom stereocenters. The van der Waals surface area contributed by atoms with Crippen molar-refractivity contribution >= 4 is 11.9 Å². The number of aliphatic carboxylic acids is 1. The smallest absolute Gasteiger partial charge is 0.335 e. The van der Waals surface area contributed by atoms with Crippen LogP contribution in [0.5, 0.6) is 0 Å². The molecule has 7 N–H and O–H groups in total. The molecule has 5 aliphatic carbocycles. The van der Waals surface area contributed by atoms with E-state index in [9.17, 15) is 45.3 Å². The van der Waals surface area contributed by atoms with Gasteiger partial charge in [0.25, 0.3) is 0 Å². The van der Waals surface area contributed by atoms with Gasteiger partial charge in [0.15, 0.2) is 12.4 Å².